The molecule has 0 aliphatic carbocycles. The molecule has 1 aromatic carbocycles. The van der Waals surface area contributed by atoms with E-state index in [1.54, 1.807) is 24.4 Å². The van der Waals surface area contributed by atoms with Gasteiger partial charge in [0.05, 0.1) is 13.2 Å². The maximum absolute atomic E-state index is 13.5. The Balaban J connectivity index is 1.30. The number of fused-ring (bicyclic) bond motifs is 1. The summed E-state index contributed by atoms with van der Waals surface area (Å²) in [6, 6.07) is 12.7. The summed E-state index contributed by atoms with van der Waals surface area (Å²) in [5.41, 5.74) is -1.13. The third kappa shape index (κ3) is 8.54. The fraction of sp³-hybridized carbons (Fsp3) is 0.406. The van der Waals surface area contributed by atoms with E-state index in [0.29, 0.717) is 43.8 Å². The highest BCUT2D eigenvalue weighted by Crippen LogP contribution is 2.17. The Kier molecular flexibility index (Phi) is 11.2. The molecule has 13 nitrogen and oxygen atoms in total. The van der Waals surface area contributed by atoms with Crippen molar-refractivity contribution in [2.24, 2.45) is 0 Å². The van der Waals surface area contributed by atoms with Gasteiger partial charge in [0.2, 0.25) is 6.43 Å². The zero-order valence-corrected chi connectivity index (χ0v) is 25.9. The van der Waals surface area contributed by atoms with E-state index in [1.807, 2.05) is 31.2 Å². The number of halogens is 2. The molecule has 0 aliphatic rings. The molecule has 0 aliphatic heterocycles. The van der Waals surface area contributed by atoms with E-state index >= 15 is 0 Å². The summed E-state index contributed by atoms with van der Waals surface area (Å²) in [7, 11) is 0. The molecule has 15 heteroatoms. The molecule has 0 amide bonds. The number of aryl methyl sites for hydroxylation is 3. The van der Waals surface area contributed by atoms with Crippen molar-refractivity contribution in [3.63, 3.8) is 0 Å². The lowest BCUT2D eigenvalue weighted by Crippen LogP contribution is -2.42. The number of hydrogen-bond acceptors (Lipinski definition) is 10. The summed E-state index contributed by atoms with van der Waals surface area (Å²) in [5.74, 6) is 1.49. The zero-order valence-electron chi connectivity index (χ0n) is 25.9. The zero-order chi connectivity index (χ0) is 33.2. The van der Waals surface area contributed by atoms with Crippen molar-refractivity contribution >= 4 is 11.0 Å². The molecule has 0 atom stereocenters. The number of aromatic amines is 1. The number of para-hydroxylation sites is 1. The molecule has 47 heavy (non-hydrogen) atoms. The van der Waals surface area contributed by atoms with E-state index in [1.165, 1.54) is 0 Å². The molecule has 0 spiro atoms. The summed E-state index contributed by atoms with van der Waals surface area (Å²) in [5, 5.41) is 3.97. The summed E-state index contributed by atoms with van der Waals surface area (Å²) in [6.45, 7) is 2.41. The molecular formula is C32H35F2N7O6. The monoisotopic (exact) mass is 651 g/mol. The Labute approximate surface area is 267 Å². The highest BCUT2D eigenvalue weighted by Gasteiger charge is 2.19. The Hall–Kier alpha value is -5.21. The van der Waals surface area contributed by atoms with Crippen LogP contribution >= 0.6 is 0 Å². The number of aromatic nitrogens is 7. The van der Waals surface area contributed by atoms with E-state index < -0.39 is 23.2 Å². The first kappa shape index (κ1) is 33.2. The molecule has 0 bridgehead atoms. The number of ether oxygens (including phenoxy) is 2. The number of H-pyrrole nitrogens is 1. The van der Waals surface area contributed by atoms with Gasteiger partial charge in [-0.15, -0.1) is 0 Å². The van der Waals surface area contributed by atoms with Gasteiger partial charge in [0.1, 0.15) is 17.0 Å². The number of nitrogens with zero attached hydrogens (tertiary/aromatic N) is 6. The van der Waals surface area contributed by atoms with E-state index in [0.717, 1.165) is 20.4 Å². The van der Waals surface area contributed by atoms with E-state index in [2.05, 4.69) is 25.1 Å². The smallest absolute Gasteiger partial charge is 0.331 e. The largest absolute Gasteiger partial charge is 0.493 e. The molecule has 0 saturated carbocycles. The summed E-state index contributed by atoms with van der Waals surface area (Å²) in [6.07, 6.45) is 0.923. The van der Waals surface area contributed by atoms with Gasteiger partial charge in [-0.3, -0.25) is 28.7 Å². The predicted molar refractivity (Wildman–Crippen MR) is 168 cm³/mol. The molecule has 4 heterocycles. The van der Waals surface area contributed by atoms with Gasteiger partial charge in [-0.2, -0.15) is 9.97 Å². The van der Waals surface area contributed by atoms with Gasteiger partial charge in [-0.1, -0.05) is 29.4 Å². The van der Waals surface area contributed by atoms with Crippen molar-refractivity contribution in [2.45, 2.75) is 71.4 Å². The molecule has 0 saturated heterocycles. The number of rotatable bonds is 17. The normalized spacial score (nSPS) is 11.4. The van der Waals surface area contributed by atoms with E-state index in [9.17, 15) is 23.2 Å². The van der Waals surface area contributed by atoms with Gasteiger partial charge < -0.3 is 14.0 Å². The van der Waals surface area contributed by atoms with Crippen molar-refractivity contribution in [2.75, 3.05) is 13.2 Å². The molecule has 0 radical (unpaired) electrons. The predicted octanol–water partition coefficient (Wildman–Crippen LogP) is 4.31. The first-order valence-electron chi connectivity index (χ1n) is 15.4. The number of benzene rings is 1. The van der Waals surface area contributed by atoms with Gasteiger partial charge in [0.25, 0.3) is 23.0 Å². The highest BCUT2D eigenvalue weighted by atomic mass is 19.3. The summed E-state index contributed by atoms with van der Waals surface area (Å²) >= 11 is 0. The number of hydrogen-bond donors (Lipinski definition) is 1. The number of pyridine rings is 1. The van der Waals surface area contributed by atoms with Crippen LogP contribution in [-0.2, 0) is 19.5 Å². The lowest BCUT2D eigenvalue weighted by Gasteiger charge is -2.14. The van der Waals surface area contributed by atoms with Crippen molar-refractivity contribution in [1.82, 2.24) is 34.2 Å². The number of alkyl halides is 2. The molecule has 248 valence electrons. The van der Waals surface area contributed by atoms with Gasteiger partial charge in [-0.25, -0.2) is 13.6 Å². The second kappa shape index (κ2) is 15.9. The second-order valence-electron chi connectivity index (χ2n) is 10.8. The number of nitrogens with one attached hydrogen (secondary N) is 1. The molecule has 5 aromatic rings. The molecule has 1 N–H and O–H groups in total. The Morgan fingerprint density at radius 1 is 0.894 bits per heavy atom. The molecule has 0 unspecified atom stereocenters. The standard InChI is InChI=1S/C32H35F2N7O6/c1-21-11-2-3-13-23(21)45-19-10-20-46-31-37-26-27(28(42)38-31)40(17-8-5-14-24(33)34)32(44)41(30(26)43)18-9-6-15-25-36-29(47-39-25)22-12-4-7-16-35-22/h2-4,7,11-13,16,24H,5-6,8-10,14-15,17-20H2,1H3,(H,37,38,42). The van der Waals surface area contributed by atoms with Crippen LogP contribution in [0.4, 0.5) is 8.78 Å². The SMILES string of the molecule is Cc1ccccc1OCCCOc1nc2c(=O)n(CCCCc3noc(-c4ccccn4)n3)c(=O)n(CCCCC(F)F)c2c(=O)[nH]1. The Morgan fingerprint density at radius 2 is 1.66 bits per heavy atom. The van der Waals surface area contributed by atoms with Crippen molar-refractivity contribution in [3.8, 4) is 23.3 Å². The van der Waals surface area contributed by atoms with Gasteiger partial charge in [-0.05, 0) is 56.4 Å². The fourth-order valence-electron chi connectivity index (χ4n) is 4.97. The maximum Gasteiger partial charge on any atom is 0.331 e. The second-order valence-corrected chi connectivity index (χ2v) is 10.8. The topological polar surface area (TPSA) is 160 Å². The number of unbranched alkanes of at least 4 members (excludes halogenated alkanes) is 2. The third-order valence-electron chi connectivity index (χ3n) is 7.37. The minimum Gasteiger partial charge on any atom is -0.493 e. The molecule has 5 rings (SSSR count). The van der Waals surface area contributed by atoms with Gasteiger partial charge in [0.15, 0.2) is 11.3 Å². The van der Waals surface area contributed by atoms with Gasteiger partial charge >= 0.3 is 5.69 Å². The van der Waals surface area contributed by atoms with Gasteiger partial charge in [0, 0.05) is 38.5 Å². The van der Waals surface area contributed by atoms with Crippen LogP contribution in [0, 0.1) is 6.92 Å². The van der Waals surface area contributed by atoms with Crippen molar-refractivity contribution in [1.29, 1.82) is 0 Å². The first-order chi connectivity index (χ1) is 22.8. The van der Waals surface area contributed by atoms with Crippen molar-refractivity contribution < 1.29 is 22.8 Å². The Bertz CT molecular complexity index is 1960. The van der Waals surface area contributed by atoms with Crippen LogP contribution in [0.15, 0.2) is 67.6 Å². The van der Waals surface area contributed by atoms with Crippen LogP contribution in [0.25, 0.3) is 22.6 Å². The van der Waals surface area contributed by atoms with Crippen LogP contribution in [0.2, 0.25) is 0 Å². The van der Waals surface area contributed by atoms with Crippen molar-refractivity contribution in [3.05, 3.63) is 91.2 Å². The van der Waals surface area contributed by atoms with Crippen LogP contribution in [-0.4, -0.2) is 53.9 Å². The van der Waals surface area contributed by atoms with Crippen LogP contribution in [0.5, 0.6) is 11.8 Å². The minimum atomic E-state index is -2.48. The highest BCUT2D eigenvalue weighted by molar-refractivity contribution is 5.72. The lowest BCUT2D eigenvalue weighted by atomic mass is 10.2. The molecule has 0 fully saturated rings. The van der Waals surface area contributed by atoms with Crippen LogP contribution in [0.1, 0.15) is 49.9 Å². The summed E-state index contributed by atoms with van der Waals surface area (Å²) in [4.78, 5) is 55.4. The molecular weight excluding hydrogens is 616 g/mol. The minimum absolute atomic E-state index is 0.0243. The fourth-order valence-corrected chi connectivity index (χ4v) is 4.97. The average Bonchev–Trinajstić information content (AvgIpc) is 3.54. The molecule has 4 aromatic heterocycles. The van der Waals surface area contributed by atoms with Crippen LogP contribution in [0.3, 0.4) is 0 Å². The Morgan fingerprint density at radius 3 is 2.45 bits per heavy atom. The first-order valence-corrected chi connectivity index (χ1v) is 15.4. The quantitative estimate of drug-likeness (QED) is 0.144. The third-order valence-corrected chi connectivity index (χ3v) is 7.37. The summed E-state index contributed by atoms with van der Waals surface area (Å²) < 4.78 is 44.3. The van der Waals surface area contributed by atoms with Crippen LogP contribution < -0.4 is 26.3 Å². The maximum atomic E-state index is 13.5. The van der Waals surface area contributed by atoms with E-state index in [4.69, 9.17) is 14.0 Å². The lowest BCUT2D eigenvalue weighted by molar-refractivity contribution is 0.133. The average molecular weight is 652 g/mol. The van der Waals surface area contributed by atoms with E-state index in [-0.39, 0.29) is 61.9 Å².